The lowest BCUT2D eigenvalue weighted by Crippen LogP contribution is -2.36. The van der Waals surface area contributed by atoms with Gasteiger partial charge >= 0.3 is 6.09 Å². The van der Waals surface area contributed by atoms with Gasteiger partial charge in [0.2, 0.25) is 5.91 Å². The highest BCUT2D eigenvalue weighted by atomic mass is 32.1. The largest absolute Gasteiger partial charge is 0.448 e. The summed E-state index contributed by atoms with van der Waals surface area (Å²) >= 11 is 1.35. The number of ether oxygens (including phenoxy) is 1. The highest BCUT2D eigenvalue weighted by molar-refractivity contribution is 7.16. The predicted octanol–water partition coefficient (Wildman–Crippen LogP) is 3.85. The van der Waals surface area contributed by atoms with Crippen molar-refractivity contribution < 1.29 is 14.3 Å². The number of nitrogens with zero attached hydrogens (tertiary/aromatic N) is 5. The molecule has 2 amide bonds. The zero-order chi connectivity index (χ0) is 24.1. The molecule has 0 aliphatic carbocycles. The molecule has 3 aromatic rings. The maximum atomic E-state index is 12.7. The first kappa shape index (κ1) is 23.4. The second kappa shape index (κ2) is 10.5. The molecule has 4 rings (SSSR count). The quantitative estimate of drug-likeness (QED) is 0.552. The van der Waals surface area contributed by atoms with E-state index in [1.54, 1.807) is 17.3 Å². The Balaban J connectivity index is 1.36. The van der Waals surface area contributed by atoms with Gasteiger partial charge in [0, 0.05) is 48.0 Å². The number of fused-ring (bicyclic) bond motifs is 1. The number of hydrogen-bond acceptors (Lipinski definition) is 7. The minimum absolute atomic E-state index is 0.0438. The second-order valence-corrected chi connectivity index (χ2v) is 9.29. The van der Waals surface area contributed by atoms with E-state index < -0.39 is 0 Å². The molecular weight excluding hydrogens is 452 g/mol. The minimum Gasteiger partial charge on any atom is -0.448 e. The summed E-state index contributed by atoms with van der Waals surface area (Å²) in [6, 6.07) is 7.86. The van der Waals surface area contributed by atoms with Crippen LogP contribution in [0.15, 0.2) is 36.8 Å². The number of carbonyl (C=O) groups excluding carboxylic acids is 2. The van der Waals surface area contributed by atoms with Crippen LogP contribution >= 0.6 is 11.3 Å². The lowest BCUT2D eigenvalue weighted by atomic mass is 10.0. The Kier molecular flexibility index (Phi) is 7.23. The van der Waals surface area contributed by atoms with E-state index in [1.165, 1.54) is 11.3 Å². The van der Waals surface area contributed by atoms with Crippen LogP contribution in [-0.4, -0.2) is 44.6 Å². The lowest BCUT2D eigenvalue weighted by Gasteiger charge is -2.26. The number of imidazole rings is 1. The van der Waals surface area contributed by atoms with Gasteiger partial charge in [-0.3, -0.25) is 9.78 Å². The third-order valence-corrected chi connectivity index (χ3v) is 6.98. The molecule has 3 aromatic heterocycles. The molecule has 0 bridgehead atoms. The van der Waals surface area contributed by atoms with Crippen LogP contribution < -0.4 is 5.32 Å². The number of aromatic nitrogens is 3. The van der Waals surface area contributed by atoms with Gasteiger partial charge in [-0.1, -0.05) is 13.0 Å². The normalized spacial score (nSPS) is 13.6. The van der Waals surface area contributed by atoms with Crippen LogP contribution in [0.25, 0.3) is 0 Å². The van der Waals surface area contributed by atoms with E-state index in [9.17, 15) is 14.9 Å². The number of nitriles is 1. The summed E-state index contributed by atoms with van der Waals surface area (Å²) in [5.74, 6) is 0.655. The topological polar surface area (TPSA) is 113 Å². The van der Waals surface area contributed by atoms with Crippen molar-refractivity contribution in [3.8, 4) is 6.07 Å². The van der Waals surface area contributed by atoms with Gasteiger partial charge < -0.3 is 19.5 Å². The van der Waals surface area contributed by atoms with E-state index in [0.29, 0.717) is 36.6 Å². The molecule has 176 valence electrons. The van der Waals surface area contributed by atoms with Gasteiger partial charge in [0.1, 0.15) is 23.5 Å². The van der Waals surface area contributed by atoms with Crippen LogP contribution in [0.4, 0.5) is 9.80 Å². The average molecular weight is 479 g/mol. The van der Waals surface area contributed by atoms with Gasteiger partial charge in [0.15, 0.2) is 0 Å². The number of pyridine rings is 1. The first-order valence-corrected chi connectivity index (χ1v) is 11.9. The molecular formula is C24H26N6O3S. The van der Waals surface area contributed by atoms with Crippen LogP contribution in [0.3, 0.4) is 0 Å². The number of aryl methyl sites for hydroxylation is 1. The van der Waals surface area contributed by atoms with E-state index in [2.05, 4.69) is 21.4 Å². The summed E-state index contributed by atoms with van der Waals surface area (Å²) in [7, 11) is 0. The van der Waals surface area contributed by atoms with Crippen molar-refractivity contribution in [3.05, 3.63) is 64.3 Å². The van der Waals surface area contributed by atoms with Crippen LogP contribution in [0, 0.1) is 18.3 Å². The second-order valence-electron chi connectivity index (χ2n) is 8.18. The van der Waals surface area contributed by atoms with Crippen molar-refractivity contribution >= 4 is 28.3 Å². The van der Waals surface area contributed by atoms with Gasteiger partial charge in [0.25, 0.3) is 0 Å². The SMILES string of the molecule is Cc1nccn1CCOC(=O)N1CCc2c(sc(NC(=O)CC(C)c3ccccn3)c2C#N)C1. The van der Waals surface area contributed by atoms with Gasteiger partial charge in [0.05, 0.1) is 18.7 Å². The maximum absolute atomic E-state index is 12.7. The number of carbonyl (C=O) groups is 2. The first-order chi connectivity index (χ1) is 16.5. The van der Waals surface area contributed by atoms with Crippen molar-refractivity contribution in [2.45, 2.75) is 45.7 Å². The van der Waals surface area contributed by atoms with Gasteiger partial charge in [-0.2, -0.15) is 5.26 Å². The zero-order valence-electron chi connectivity index (χ0n) is 19.2. The van der Waals surface area contributed by atoms with E-state index in [1.807, 2.05) is 42.8 Å². The molecule has 10 heteroatoms. The summed E-state index contributed by atoms with van der Waals surface area (Å²) in [5.41, 5.74) is 2.24. The van der Waals surface area contributed by atoms with Crippen molar-refractivity contribution in [3.63, 3.8) is 0 Å². The van der Waals surface area contributed by atoms with Gasteiger partial charge in [-0.15, -0.1) is 11.3 Å². The molecule has 0 spiro atoms. The van der Waals surface area contributed by atoms with E-state index >= 15 is 0 Å². The third kappa shape index (κ3) is 5.26. The highest BCUT2D eigenvalue weighted by Gasteiger charge is 2.28. The van der Waals surface area contributed by atoms with Crippen LogP contribution in [0.1, 0.15) is 46.8 Å². The number of rotatable bonds is 7. The molecule has 0 saturated carbocycles. The minimum atomic E-state index is -0.384. The number of hydrogen-bond donors (Lipinski definition) is 1. The van der Waals surface area contributed by atoms with Crippen molar-refractivity contribution in [2.24, 2.45) is 0 Å². The standard InChI is InChI=1S/C24H26N6O3S/c1-16(20-5-3-4-7-27-20)13-22(31)28-23-19(14-25)18-6-9-30(15-21(18)34-23)24(32)33-12-11-29-10-8-26-17(29)2/h3-5,7-8,10,16H,6,9,11-13,15H2,1-2H3,(H,28,31). The Bertz CT molecular complexity index is 1210. The molecule has 4 heterocycles. The van der Waals surface area contributed by atoms with Crippen molar-refractivity contribution in [1.82, 2.24) is 19.4 Å². The summed E-state index contributed by atoms with van der Waals surface area (Å²) in [6.45, 7) is 5.46. The Labute approximate surface area is 202 Å². The predicted molar refractivity (Wildman–Crippen MR) is 127 cm³/mol. The number of nitrogens with one attached hydrogen (secondary N) is 1. The Morgan fingerprint density at radius 2 is 2.18 bits per heavy atom. The van der Waals surface area contributed by atoms with E-state index in [0.717, 1.165) is 22.0 Å². The molecule has 1 N–H and O–H groups in total. The summed E-state index contributed by atoms with van der Waals surface area (Å²) < 4.78 is 7.36. The van der Waals surface area contributed by atoms with E-state index in [4.69, 9.17) is 4.74 Å². The molecule has 1 aliphatic rings. The highest BCUT2D eigenvalue weighted by Crippen LogP contribution is 2.37. The smallest absolute Gasteiger partial charge is 0.410 e. The first-order valence-electron chi connectivity index (χ1n) is 11.1. The molecule has 0 radical (unpaired) electrons. The number of amides is 2. The monoisotopic (exact) mass is 478 g/mol. The fourth-order valence-corrected chi connectivity index (χ4v) is 5.19. The van der Waals surface area contributed by atoms with Gasteiger partial charge in [-0.25, -0.2) is 9.78 Å². The van der Waals surface area contributed by atoms with Crippen LogP contribution in [0.2, 0.25) is 0 Å². The Morgan fingerprint density at radius 3 is 2.88 bits per heavy atom. The molecule has 1 unspecified atom stereocenters. The fraction of sp³-hybridized carbons (Fsp3) is 0.375. The average Bonchev–Trinajstić information content (AvgIpc) is 3.40. The molecule has 0 saturated heterocycles. The molecule has 9 nitrogen and oxygen atoms in total. The maximum Gasteiger partial charge on any atom is 0.410 e. The Morgan fingerprint density at radius 1 is 1.32 bits per heavy atom. The third-order valence-electron chi connectivity index (χ3n) is 5.85. The summed E-state index contributed by atoms with van der Waals surface area (Å²) in [4.78, 5) is 36.2. The van der Waals surface area contributed by atoms with Crippen molar-refractivity contribution in [1.29, 1.82) is 5.26 Å². The molecule has 1 aliphatic heterocycles. The fourth-order valence-electron chi connectivity index (χ4n) is 3.96. The van der Waals surface area contributed by atoms with Crippen LogP contribution in [-0.2, 0) is 29.0 Å². The van der Waals surface area contributed by atoms with Gasteiger partial charge in [-0.05, 0) is 31.0 Å². The number of anilines is 1. The number of thiophene rings is 1. The summed E-state index contributed by atoms with van der Waals surface area (Å²) in [6.07, 6.45) is 5.69. The lowest BCUT2D eigenvalue weighted by molar-refractivity contribution is -0.116. The van der Waals surface area contributed by atoms with Crippen molar-refractivity contribution in [2.75, 3.05) is 18.5 Å². The molecule has 0 fully saturated rings. The Hall–Kier alpha value is -3.71. The molecule has 34 heavy (non-hydrogen) atoms. The van der Waals surface area contributed by atoms with Crippen LogP contribution in [0.5, 0.6) is 0 Å². The molecule has 1 atom stereocenters. The summed E-state index contributed by atoms with van der Waals surface area (Å²) in [5, 5.41) is 13.2. The van der Waals surface area contributed by atoms with E-state index in [-0.39, 0.29) is 30.9 Å². The zero-order valence-corrected chi connectivity index (χ0v) is 20.0. The molecule has 0 aromatic carbocycles.